The lowest BCUT2D eigenvalue weighted by Gasteiger charge is -2.35. The largest absolute Gasteiger partial charge is 0.311 e. The van der Waals surface area contributed by atoms with Gasteiger partial charge >= 0.3 is 0 Å². The monoisotopic (exact) mass is 821 g/mol. The van der Waals surface area contributed by atoms with Crippen LogP contribution in [0, 0.1) is 0 Å². The molecule has 1 nitrogen and oxygen atoms in total. The highest BCUT2D eigenvalue weighted by Crippen LogP contribution is 2.49. The Labute approximate surface area is 372 Å². The molecule has 1 aliphatic rings. The molecule has 0 unspecified atom stereocenters. The second-order valence-electron chi connectivity index (χ2n) is 17.3. The number of rotatable bonds is 9. The van der Waals surface area contributed by atoms with E-state index in [0.29, 0.717) is 0 Å². The molecule has 11 rings (SSSR count). The molecule has 0 amide bonds. The molecule has 0 heterocycles. The zero-order valence-electron chi connectivity index (χ0n) is 35.6. The Balaban J connectivity index is 1.02. The van der Waals surface area contributed by atoms with E-state index in [1.54, 1.807) is 0 Å². The number of hydrogen-bond acceptors (Lipinski definition) is 1. The lowest BCUT2D eigenvalue weighted by molar-refractivity contribution is 0.660. The van der Waals surface area contributed by atoms with E-state index in [0.717, 1.165) is 17.1 Å². The van der Waals surface area contributed by atoms with E-state index in [-0.39, 0.29) is 5.41 Å². The first-order valence-corrected chi connectivity index (χ1v) is 24.0. The second-order valence-corrected chi connectivity index (χ2v) is 21.1. The van der Waals surface area contributed by atoms with Gasteiger partial charge in [-0.25, -0.2) is 0 Å². The van der Waals surface area contributed by atoms with Crippen molar-refractivity contribution in [1.82, 2.24) is 0 Å². The Morgan fingerprint density at radius 3 is 1.35 bits per heavy atom. The van der Waals surface area contributed by atoms with Crippen molar-refractivity contribution in [2.24, 2.45) is 0 Å². The standard InChI is InChI=1S/C61H47NSi/c1-61(2)59-28-15-14-26-57(59)58-42-33-47(43-60(58)61)44-29-34-48(35-30-44)62(49-36-31-46(32-37-49)56-27-16-18-45-17-12-13-25-55(45)56)50-38-40-54(41-39-50)63(51-19-6-3-7-20-51,52-21-8-4-9-22-52)53-23-10-5-11-24-53/h3-43H,1-2H3. The zero-order valence-corrected chi connectivity index (χ0v) is 36.6. The molecule has 300 valence electrons. The molecule has 1 aliphatic carbocycles. The van der Waals surface area contributed by atoms with Crippen molar-refractivity contribution in [3.05, 3.63) is 260 Å². The highest BCUT2D eigenvalue weighted by molar-refractivity contribution is 7.19. The summed E-state index contributed by atoms with van der Waals surface area (Å²) in [5, 5.41) is 7.95. The van der Waals surface area contributed by atoms with E-state index in [9.17, 15) is 0 Å². The Morgan fingerprint density at radius 2 is 0.746 bits per heavy atom. The predicted octanol–water partition coefficient (Wildman–Crippen LogP) is 13.3. The molecule has 10 aromatic carbocycles. The van der Waals surface area contributed by atoms with Crippen molar-refractivity contribution in [3.8, 4) is 33.4 Å². The van der Waals surface area contributed by atoms with Crippen molar-refractivity contribution in [2.75, 3.05) is 4.90 Å². The van der Waals surface area contributed by atoms with Crippen molar-refractivity contribution in [2.45, 2.75) is 19.3 Å². The van der Waals surface area contributed by atoms with Crippen LogP contribution in [-0.4, -0.2) is 8.07 Å². The minimum atomic E-state index is -2.69. The summed E-state index contributed by atoms with van der Waals surface area (Å²) in [6.07, 6.45) is 0. The van der Waals surface area contributed by atoms with Crippen LogP contribution in [0.5, 0.6) is 0 Å². The smallest absolute Gasteiger partial charge is 0.179 e. The van der Waals surface area contributed by atoms with Gasteiger partial charge < -0.3 is 4.90 Å². The van der Waals surface area contributed by atoms with Crippen molar-refractivity contribution in [3.63, 3.8) is 0 Å². The molecule has 10 aromatic rings. The third-order valence-electron chi connectivity index (χ3n) is 13.4. The van der Waals surface area contributed by atoms with Crippen molar-refractivity contribution >= 4 is 56.7 Å². The molecule has 0 aliphatic heterocycles. The summed E-state index contributed by atoms with van der Waals surface area (Å²) >= 11 is 0. The Hall–Kier alpha value is -7.52. The van der Waals surface area contributed by atoms with Gasteiger partial charge in [0, 0.05) is 22.5 Å². The summed E-state index contributed by atoms with van der Waals surface area (Å²) in [6, 6.07) is 92.3. The van der Waals surface area contributed by atoms with Crippen LogP contribution in [0.3, 0.4) is 0 Å². The molecule has 0 N–H and O–H groups in total. The summed E-state index contributed by atoms with van der Waals surface area (Å²) in [5.41, 5.74) is 13.6. The van der Waals surface area contributed by atoms with E-state index in [4.69, 9.17) is 0 Å². The first-order valence-electron chi connectivity index (χ1n) is 22.0. The number of benzene rings is 10. The molecule has 0 saturated carbocycles. The van der Waals surface area contributed by atoms with Gasteiger partial charge in [-0.1, -0.05) is 220 Å². The average molecular weight is 822 g/mol. The third-order valence-corrected chi connectivity index (χ3v) is 18.2. The van der Waals surface area contributed by atoms with E-state index in [1.807, 2.05) is 0 Å². The van der Waals surface area contributed by atoms with Crippen LogP contribution in [0.1, 0.15) is 25.0 Å². The second kappa shape index (κ2) is 15.7. The number of fused-ring (bicyclic) bond motifs is 4. The van der Waals surface area contributed by atoms with E-state index >= 15 is 0 Å². The van der Waals surface area contributed by atoms with Crippen LogP contribution in [0.25, 0.3) is 44.2 Å². The fourth-order valence-electron chi connectivity index (χ4n) is 10.3. The third kappa shape index (κ3) is 6.54. The van der Waals surface area contributed by atoms with Gasteiger partial charge in [-0.2, -0.15) is 0 Å². The molecule has 0 saturated heterocycles. The fraction of sp³-hybridized carbons (Fsp3) is 0.0492. The van der Waals surface area contributed by atoms with E-state index in [1.165, 1.54) is 76.0 Å². The normalized spacial score (nSPS) is 12.7. The maximum Gasteiger partial charge on any atom is 0.179 e. The van der Waals surface area contributed by atoms with Gasteiger partial charge in [-0.15, -0.1) is 0 Å². The highest BCUT2D eigenvalue weighted by atomic mass is 28.3. The van der Waals surface area contributed by atoms with Crippen molar-refractivity contribution < 1.29 is 0 Å². The molecule has 0 spiro atoms. The SMILES string of the molecule is CC1(C)c2ccccc2-c2ccc(-c3ccc(N(c4ccc(-c5cccc6ccccc56)cc4)c4ccc([Si](c5ccccc5)(c5ccccc5)c5ccccc5)cc4)cc3)cc21. The quantitative estimate of drug-likeness (QED) is 0.104. The molecule has 0 radical (unpaired) electrons. The summed E-state index contributed by atoms with van der Waals surface area (Å²) in [4.78, 5) is 2.40. The molecule has 63 heavy (non-hydrogen) atoms. The molecular formula is C61H47NSi. The van der Waals surface area contributed by atoms with Crippen LogP contribution in [0.2, 0.25) is 0 Å². The molecule has 0 bridgehead atoms. The Kier molecular flexibility index (Phi) is 9.60. The molecule has 0 fully saturated rings. The summed E-state index contributed by atoms with van der Waals surface area (Å²) < 4.78 is 0. The first-order chi connectivity index (χ1) is 31.0. The minimum Gasteiger partial charge on any atom is -0.311 e. The van der Waals surface area contributed by atoms with Crippen LogP contribution >= 0.6 is 0 Å². The molecule has 0 aromatic heterocycles. The number of hydrogen-bond donors (Lipinski definition) is 0. The lowest BCUT2D eigenvalue weighted by Crippen LogP contribution is -2.74. The highest BCUT2D eigenvalue weighted by Gasteiger charge is 2.41. The van der Waals surface area contributed by atoms with Crippen LogP contribution in [0.4, 0.5) is 17.1 Å². The minimum absolute atomic E-state index is 0.0506. The van der Waals surface area contributed by atoms with Gasteiger partial charge in [0.2, 0.25) is 0 Å². The van der Waals surface area contributed by atoms with E-state index in [2.05, 4.69) is 267 Å². The van der Waals surface area contributed by atoms with Crippen LogP contribution in [0.15, 0.2) is 249 Å². The summed E-state index contributed by atoms with van der Waals surface area (Å²) in [7, 11) is -2.69. The van der Waals surface area contributed by atoms with Gasteiger partial charge in [0.25, 0.3) is 0 Å². The number of anilines is 3. The lowest BCUT2D eigenvalue weighted by atomic mass is 9.81. The predicted molar refractivity (Wildman–Crippen MR) is 271 cm³/mol. The zero-order chi connectivity index (χ0) is 42.4. The van der Waals surface area contributed by atoms with Gasteiger partial charge in [0.05, 0.1) is 0 Å². The van der Waals surface area contributed by atoms with Crippen LogP contribution < -0.4 is 25.6 Å². The van der Waals surface area contributed by atoms with Crippen LogP contribution in [-0.2, 0) is 5.41 Å². The van der Waals surface area contributed by atoms with E-state index < -0.39 is 8.07 Å². The summed E-state index contributed by atoms with van der Waals surface area (Å²) in [6.45, 7) is 4.71. The van der Waals surface area contributed by atoms with Gasteiger partial charge in [0.15, 0.2) is 8.07 Å². The Bertz CT molecular complexity index is 3110. The van der Waals surface area contributed by atoms with Gasteiger partial charge in [-0.05, 0) is 118 Å². The molecular weight excluding hydrogens is 775 g/mol. The Morgan fingerprint density at radius 1 is 0.317 bits per heavy atom. The fourth-order valence-corrected chi connectivity index (χ4v) is 15.1. The van der Waals surface area contributed by atoms with Crippen molar-refractivity contribution in [1.29, 1.82) is 0 Å². The number of nitrogens with zero attached hydrogens (tertiary/aromatic N) is 1. The average Bonchev–Trinajstić information content (AvgIpc) is 3.58. The maximum atomic E-state index is 2.41. The maximum absolute atomic E-state index is 2.69. The summed E-state index contributed by atoms with van der Waals surface area (Å²) in [5.74, 6) is 0. The first kappa shape index (κ1) is 38.4. The molecule has 2 heteroatoms. The topological polar surface area (TPSA) is 3.24 Å². The molecule has 0 atom stereocenters. The van der Waals surface area contributed by atoms with Gasteiger partial charge in [-0.3, -0.25) is 0 Å². The van der Waals surface area contributed by atoms with Gasteiger partial charge in [0.1, 0.15) is 0 Å².